The molecule has 0 aromatic heterocycles. The van der Waals surface area contributed by atoms with Crippen LogP contribution in [0.5, 0.6) is 0 Å². The molecule has 258 valence electrons. The predicted octanol–water partition coefficient (Wildman–Crippen LogP) is 4.82. The summed E-state index contributed by atoms with van der Waals surface area (Å²) in [6, 6.07) is 7.31. The zero-order valence-corrected chi connectivity index (χ0v) is 27.9. The minimum absolute atomic E-state index is 0.0905. The van der Waals surface area contributed by atoms with Gasteiger partial charge in [0.05, 0.1) is 25.4 Å². The van der Waals surface area contributed by atoms with Gasteiger partial charge in [0.1, 0.15) is 29.8 Å². The number of esters is 1. The fraction of sp³-hybridized carbons (Fsp3) is 0.730. The number of allylic oxidation sites excluding steroid dienone is 1. The van der Waals surface area contributed by atoms with Crippen LogP contribution in [0.25, 0.3) is 6.08 Å². The smallest absolute Gasteiger partial charge is 0.327 e. The van der Waals surface area contributed by atoms with E-state index in [0.717, 1.165) is 75.3 Å². The van der Waals surface area contributed by atoms with E-state index in [0.29, 0.717) is 24.7 Å². The van der Waals surface area contributed by atoms with Gasteiger partial charge >= 0.3 is 5.97 Å². The monoisotopic (exact) mass is 652 g/mol. The first-order chi connectivity index (χ1) is 22.9. The van der Waals surface area contributed by atoms with Gasteiger partial charge in [0, 0.05) is 25.8 Å². The summed E-state index contributed by atoms with van der Waals surface area (Å²) < 4.78 is 25.5. The van der Waals surface area contributed by atoms with Crippen molar-refractivity contribution < 1.29 is 38.5 Å². The van der Waals surface area contributed by atoms with Crippen LogP contribution in [0, 0.1) is 11.3 Å². The molecule has 2 bridgehead atoms. The van der Waals surface area contributed by atoms with Crippen LogP contribution in [0.2, 0.25) is 0 Å². The summed E-state index contributed by atoms with van der Waals surface area (Å²) in [5, 5.41) is 14.1. The lowest BCUT2D eigenvalue weighted by molar-refractivity contribution is -0.224. The summed E-state index contributed by atoms with van der Waals surface area (Å²) in [5.74, 6) is -1.04. The molecule has 1 aromatic carbocycles. The van der Waals surface area contributed by atoms with Gasteiger partial charge in [0.25, 0.3) is 0 Å². The third kappa shape index (κ3) is 6.42. The van der Waals surface area contributed by atoms with Crippen molar-refractivity contribution in [2.24, 2.45) is 11.3 Å². The summed E-state index contributed by atoms with van der Waals surface area (Å²) in [7, 11) is 0. The summed E-state index contributed by atoms with van der Waals surface area (Å²) in [4.78, 5) is 34.6. The van der Waals surface area contributed by atoms with E-state index in [4.69, 9.17) is 23.8 Å². The number of nitrogens with zero attached hydrogens (tertiary/aromatic N) is 1. The van der Waals surface area contributed by atoms with Crippen molar-refractivity contribution in [2.75, 3.05) is 13.2 Å². The first-order valence-corrected chi connectivity index (χ1v) is 18.2. The summed E-state index contributed by atoms with van der Waals surface area (Å²) in [6.45, 7) is 4.55. The van der Waals surface area contributed by atoms with E-state index in [9.17, 15) is 14.7 Å². The van der Waals surface area contributed by atoms with Gasteiger partial charge in [-0.3, -0.25) is 14.4 Å². The number of carbonyl (C=O) groups excluding carboxylic acids is 2. The van der Waals surface area contributed by atoms with Gasteiger partial charge in [-0.25, -0.2) is 0 Å². The number of hydroxylamine groups is 2. The highest BCUT2D eigenvalue weighted by atomic mass is 16.8. The molecular formula is C37H52N2O8. The molecule has 4 heterocycles. The number of hydrogen-bond acceptors (Lipinski definition) is 9. The fourth-order valence-electron chi connectivity index (χ4n) is 8.80. The van der Waals surface area contributed by atoms with E-state index < -0.39 is 47.6 Å². The molecule has 9 atom stereocenters. The van der Waals surface area contributed by atoms with Gasteiger partial charge in [-0.05, 0) is 49.1 Å². The van der Waals surface area contributed by atoms with Gasteiger partial charge in [0.2, 0.25) is 5.91 Å². The minimum atomic E-state index is -1.23. The number of amides is 1. The Hall–Kier alpha value is -2.34. The lowest BCUT2D eigenvalue weighted by Gasteiger charge is -2.48. The second-order valence-corrected chi connectivity index (χ2v) is 14.6. The summed E-state index contributed by atoms with van der Waals surface area (Å²) in [5.41, 5.74) is 0.850. The van der Waals surface area contributed by atoms with Gasteiger partial charge in [-0.2, -0.15) is 5.06 Å². The average molecular weight is 653 g/mol. The quantitative estimate of drug-likeness (QED) is 0.156. The van der Waals surface area contributed by atoms with Crippen molar-refractivity contribution in [2.45, 2.75) is 146 Å². The lowest BCUT2D eigenvalue weighted by atomic mass is 9.62. The van der Waals surface area contributed by atoms with Gasteiger partial charge in [0.15, 0.2) is 11.8 Å². The van der Waals surface area contributed by atoms with Crippen LogP contribution >= 0.6 is 0 Å². The molecule has 2 N–H and O–H groups in total. The van der Waals surface area contributed by atoms with Gasteiger partial charge in [-0.1, -0.05) is 75.9 Å². The highest BCUT2D eigenvalue weighted by Crippen LogP contribution is 2.58. The average Bonchev–Trinajstić information content (AvgIpc) is 3.62. The number of aliphatic hydroxyl groups is 1. The number of unbranched alkanes of at least 4 members (excludes halogenated alkanes) is 4. The maximum atomic E-state index is 14.1. The van der Waals surface area contributed by atoms with Crippen LogP contribution in [-0.4, -0.2) is 83.7 Å². The number of benzene rings is 1. The van der Waals surface area contributed by atoms with Crippen LogP contribution in [-0.2, 0) is 39.9 Å². The van der Waals surface area contributed by atoms with E-state index in [2.05, 4.69) is 43.4 Å². The number of nitrogens with one attached hydrogen (secondary N) is 1. The first-order valence-electron chi connectivity index (χ1n) is 18.2. The van der Waals surface area contributed by atoms with Crippen LogP contribution in [0.3, 0.4) is 0 Å². The molecular weight excluding hydrogens is 600 g/mol. The van der Waals surface area contributed by atoms with Crippen molar-refractivity contribution in [3.8, 4) is 0 Å². The molecule has 6 aliphatic rings. The maximum Gasteiger partial charge on any atom is 0.327 e. The molecule has 10 heteroatoms. The fourth-order valence-corrected chi connectivity index (χ4v) is 8.80. The van der Waals surface area contributed by atoms with Crippen LogP contribution in [0.4, 0.5) is 0 Å². The van der Waals surface area contributed by atoms with E-state index in [1.165, 1.54) is 6.42 Å². The number of carbonyl (C=O) groups is 2. The molecule has 0 radical (unpaired) electrons. The lowest BCUT2D eigenvalue weighted by Crippen LogP contribution is -2.69. The van der Waals surface area contributed by atoms with E-state index in [1.807, 2.05) is 12.1 Å². The Morgan fingerprint density at radius 3 is 2.45 bits per heavy atom. The SMILES string of the molecule is CCCCCC1(CCCCC)O[C@@H]2[C@H](O1)[C@H]1ON(Cc3ccc(C=CC4CCC5OC5C4)cc3)[C@@H]3C(=O)O[C@@H]2C[C@]13C(=O)NCCO. The molecule has 1 amide bonds. The Bertz CT molecular complexity index is 1290. The van der Waals surface area contributed by atoms with E-state index in [1.54, 1.807) is 5.06 Å². The summed E-state index contributed by atoms with van der Waals surface area (Å²) in [6.07, 6.45) is 14.5. The molecule has 6 fully saturated rings. The Morgan fingerprint density at radius 2 is 1.74 bits per heavy atom. The highest BCUT2D eigenvalue weighted by molar-refractivity contribution is 5.93. The molecule has 47 heavy (non-hydrogen) atoms. The van der Waals surface area contributed by atoms with Crippen LogP contribution in [0.1, 0.15) is 102 Å². The molecule has 2 saturated carbocycles. The molecule has 2 aliphatic carbocycles. The zero-order chi connectivity index (χ0) is 32.6. The Labute approximate surface area is 278 Å². The molecule has 4 saturated heterocycles. The number of hydrogen-bond donors (Lipinski definition) is 2. The summed E-state index contributed by atoms with van der Waals surface area (Å²) >= 11 is 0. The molecule has 0 spiro atoms. The van der Waals surface area contributed by atoms with E-state index >= 15 is 0 Å². The number of rotatable bonds is 15. The van der Waals surface area contributed by atoms with Crippen LogP contribution in [0.15, 0.2) is 30.3 Å². The highest BCUT2D eigenvalue weighted by Gasteiger charge is 2.76. The molecule has 4 aliphatic heterocycles. The first kappa shape index (κ1) is 33.2. The number of fused-ring (bicyclic) bond motifs is 5. The van der Waals surface area contributed by atoms with Crippen molar-refractivity contribution in [1.82, 2.24) is 10.4 Å². The van der Waals surface area contributed by atoms with Crippen molar-refractivity contribution in [3.05, 3.63) is 41.5 Å². The van der Waals surface area contributed by atoms with Gasteiger partial charge in [-0.15, -0.1) is 0 Å². The predicted molar refractivity (Wildman–Crippen MR) is 173 cm³/mol. The molecule has 3 unspecified atom stereocenters. The number of epoxide rings is 1. The Kier molecular flexibility index (Phi) is 9.80. The zero-order valence-electron chi connectivity index (χ0n) is 27.9. The molecule has 1 aromatic rings. The maximum absolute atomic E-state index is 14.1. The van der Waals surface area contributed by atoms with Crippen molar-refractivity contribution >= 4 is 18.0 Å². The van der Waals surface area contributed by atoms with Crippen LogP contribution < -0.4 is 5.32 Å². The molecule has 10 nitrogen and oxygen atoms in total. The molecule has 7 rings (SSSR count). The Balaban J connectivity index is 1.13. The minimum Gasteiger partial charge on any atom is -0.458 e. The number of aliphatic hydroxyl groups excluding tert-OH is 1. The van der Waals surface area contributed by atoms with Crippen molar-refractivity contribution in [1.29, 1.82) is 0 Å². The standard InChI is InChI=1S/C37H52N2O8/c1-3-5-7-17-36(18-8-6-4-2)45-30-29-22-37(35(42)38-19-20-40)32(34(41)44-29)39(47-33(37)31(30)46-36)23-26-13-10-24(11-14-26)9-12-25-15-16-27-28(21-25)43-27/h9-14,25,27-33,40H,3-8,15-23H2,1-2H3,(H,38,42)/t25?,27?,28?,29-,30+,31+,32-,33-,37-/m1/s1. The third-order valence-electron chi connectivity index (χ3n) is 11.3. The second-order valence-electron chi connectivity index (χ2n) is 14.6. The largest absolute Gasteiger partial charge is 0.458 e. The Morgan fingerprint density at radius 1 is 1.00 bits per heavy atom. The topological polar surface area (TPSA) is 119 Å². The van der Waals surface area contributed by atoms with Gasteiger partial charge < -0.3 is 29.4 Å². The number of ether oxygens (including phenoxy) is 4. The van der Waals surface area contributed by atoms with E-state index in [-0.39, 0.29) is 25.5 Å². The second kappa shape index (κ2) is 13.9. The van der Waals surface area contributed by atoms with Crippen molar-refractivity contribution in [3.63, 3.8) is 0 Å². The third-order valence-corrected chi connectivity index (χ3v) is 11.3. The normalized spacial score (nSPS) is 36.6.